The van der Waals surface area contributed by atoms with Crippen LogP contribution < -0.4 is 5.32 Å². The van der Waals surface area contributed by atoms with Crippen LogP contribution in [-0.4, -0.2) is 16.6 Å². The molecule has 3 heteroatoms. The fourth-order valence-electron chi connectivity index (χ4n) is 1.28. The van der Waals surface area contributed by atoms with Crippen molar-refractivity contribution in [3.63, 3.8) is 0 Å². The highest BCUT2D eigenvalue weighted by Crippen LogP contribution is 2.15. The molecule has 1 N–H and O–H groups in total. The van der Waals surface area contributed by atoms with Gasteiger partial charge in [0.05, 0.1) is 6.20 Å². The van der Waals surface area contributed by atoms with E-state index in [-0.39, 0.29) is 0 Å². The first-order chi connectivity index (χ1) is 5.16. The van der Waals surface area contributed by atoms with E-state index in [1.54, 1.807) is 0 Å². The van der Waals surface area contributed by atoms with Crippen molar-refractivity contribution in [2.45, 2.75) is 26.8 Å². The molecule has 0 aliphatic carbocycles. The van der Waals surface area contributed by atoms with Gasteiger partial charge >= 0.3 is 0 Å². The topological polar surface area (TPSA) is 29.9 Å². The van der Waals surface area contributed by atoms with Crippen LogP contribution in [0.3, 0.4) is 0 Å². The van der Waals surface area contributed by atoms with Crippen molar-refractivity contribution in [1.29, 1.82) is 0 Å². The molecule has 0 atom stereocenters. The quantitative estimate of drug-likeness (QED) is 0.702. The van der Waals surface area contributed by atoms with Gasteiger partial charge in [-0.1, -0.05) is 0 Å². The number of imidazole rings is 1. The molecule has 0 amide bonds. The van der Waals surface area contributed by atoms with Crippen LogP contribution in [-0.2, 0) is 0 Å². The number of aryl methyl sites for hydroxylation is 1. The molecule has 3 nitrogen and oxygen atoms in total. The van der Waals surface area contributed by atoms with Crippen molar-refractivity contribution >= 4 is 5.95 Å². The minimum atomic E-state index is 0.472. The summed E-state index contributed by atoms with van der Waals surface area (Å²) >= 11 is 0. The average Bonchev–Trinajstić information content (AvgIpc) is 2.30. The van der Waals surface area contributed by atoms with Crippen molar-refractivity contribution in [3.8, 4) is 0 Å². The molecule has 0 unspecified atom stereocenters. The predicted octanol–water partition coefficient (Wildman–Crippen LogP) is 1.81. The maximum Gasteiger partial charge on any atom is 0.202 e. The van der Waals surface area contributed by atoms with Crippen LogP contribution in [0.5, 0.6) is 0 Å². The Labute approximate surface area is 67.4 Å². The third-order valence-electron chi connectivity index (χ3n) is 1.72. The SMILES string of the molecule is CNc1ncc(C)n1C(C)C. The molecule has 0 aromatic carbocycles. The molecule has 62 valence electrons. The van der Waals surface area contributed by atoms with Crippen molar-refractivity contribution < 1.29 is 0 Å². The van der Waals surface area contributed by atoms with Crippen LogP contribution in [0.15, 0.2) is 6.20 Å². The number of aromatic nitrogens is 2. The monoisotopic (exact) mass is 153 g/mol. The highest BCUT2D eigenvalue weighted by Gasteiger charge is 2.06. The molecule has 1 aromatic heterocycles. The van der Waals surface area contributed by atoms with Gasteiger partial charge in [-0.05, 0) is 20.8 Å². The number of anilines is 1. The highest BCUT2D eigenvalue weighted by atomic mass is 15.2. The summed E-state index contributed by atoms with van der Waals surface area (Å²) in [6.45, 7) is 6.36. The molecule has 1 heterocycles. The van der Waals surface area contributed by atoms with Crippen LogP contribution in [0.25, 0.3) is 0 Å². The summed E-state index contributed by atoms with van der Waals surface area (Å²) in [5.41, 5.74) is 1.20. The van der Waals surface area contributed by atoms with Gasteiger partial charge in [-0.3, -0.25) is 0 Å². The van der Waals surface area contributed by atoms with Gasteiger partial charge in [-0.2, -0.15) is 0 Å². The second kappa shape index (κ2) is 2.95. The molecule has 0 aliphatic rings. The molecule has 0 saturated carbocycles. The lowest BCUT2D eigenvalue weighted by molar-refractivity contribution is 0.592. The predicted molar refractivity (Wildman–Crippen MR) is 46.9 cm³/mol. The largest absolute Gasteiger partial charge is 0.359 e. The van der Waals surface area contributed by atoms with Gasteiger partial charge in [-0.25, -0.2) is 4.98 Å². The van der Waals surface area contributed by atoms with E-state index in [0.29, 0.717) is 6.04 Å². The number of hydrogen-bond acceptors (Lipinski definition) is 2. The van der Waals surface area contributed by atoms with E-state index < -0.39 is 0 Å². The average molecular weight is 153 g/mol. The first kappa shape index (κ1) is 8.11. The van der Waals surface area contributed by atoms with Gasteiger partial charge in [0, 0.05) is 18.8 Å². The minimum Gasteiger partial charge on any atom is -0.359 e. The van der Waals surface area contributed by atoms with Gasteiger partial charge in [0.15, 0.2) is 0 Å². The van der Waals surface area contributed by atoms with E-state index in [1.807, 2.05) is 13.2 Å². The van der Waals surface area contributed by atoms with Crippen LogP contribution in [0, 0.1) is 6.92 Å². The lowest BCUT2D eigenvalue weighted by Crippen LogP contribution is -2.07. The Morgan fingerprint density at radius 3 is 2.55 bits per heavy atom. The molecule has 0 saturated heterocycles. The lowest BCUT2D eigenvalue weighted by atomic mass is 10.3. The lowest BCUT2D eigenvalue weighted by Gasteiger charge is -2.12. The third kappa shape index (κ3) is 1.37. The summed E-state index contributed by atoms with van der Waals surface area (Å²) in [7, 11) is 1.89. The number of nitrogens with zero attached hydrogens (tertiary/aromatic N) is 2. The molecule has 1 aromatic rings. The summed E-state index contributed by atoms with van der Waals surface area (Å²) in [6.07, 6.45) is 1.88. The van der Waals surface area contributed by atoms with Gasteiger partial charge in [0.25, 0.3) is 0 Å². The standard InChI is InChI=1S/C8H15N3/c1-6(2)11-7(3)5-10-8(11)9-4/h5-6H,1-4H3,(H,9,10). The molecule has 0 bridgehead atoms. The molecule has 11 heavy (non-hydrogen) atoms. The number of nitrogens with one attached hydrogen (secondary N) is 1. The summed E-state index contributed by atoms with van der Waals surface area (Å²) < 4.78 is 2.17. The van der Waals surface area contributed by atoms with E-state index in [0.717, 1.165) is 5.95 Å². The number of rotatable bonds is 2. The normalized spacial score (nSPS) is 10.6. The second-order valence-corrected chi connectivity index (χ2v) is 2.94. The Morgan fingerprint density at radius 1 is 1.55 bits per heavy atom. The molecule has 0 aliphatic heterocycles. The highest BCUT2D eigenvalue weighted by molar-refractivity contribution is 5.28. The minimum absolute atomic E-state index is 0.472. The fraction of sp³-hybridized carbons (Fsp3) is 0.625. The molecular weight excluding hydrogens is 138 g/mol. The van der Waals surface area contributed by atoms with Crippen molar-refractivity contribution in [3.05, 3.63) is 11.9 Å². The Hall–Kier alpha value is -0.990. The Kier molecular flexibility index (Phi) is 2.17. The van der Waals surface area contributed by atoms with E-state index in [1.165, 1.54) is 5.69 Å². The van der Waals surface area contributed by atoms with Crippen LogP contribution in [0.1, 0.15) is 25.6 Å². The second-order valence-electron chi connectivity index (χ2n) is 2.94. The number of hydrogen-bond donors (Lipinski definition) is 1. The first-order valence-corrected chi connectivity index (χ1v) is 3.88. The fourth-order valence-corrected chi connectivity index (χ4v) is 1.28. The Morgan fingerprint density at radius 2 is 2.18 bits per heavy atom. The van der Waals surface area contributed by atoms with E-state index in [9.17, 15) is 0 Å². The molecular formula is C8H15N3. The summed E-state index contributed by atoms with van der Waals surface area (Å²) in [5, 5.41) is 3.05. The third-order valence-corrected chi connectivity index (χ3v) is 1.72. The van der Waals surface area contributed by atoms with Crippen molar-refractivity contribution in [1.82, 2.24) is 9.55 Å². The van der Waals surface area contributed by atoms with Gasteiger partial charge in [0.1, 0.15) is 0 Å². The Balaban J connectivity index is 3.07. The van der Waals surface area contributed by atoms with E-state index >= 15 is 0 Å². The molecule has 0 fully saturated rings. The van der Waals surface area contributed by atoms with Gasteiger partial charge in [0.2, 0.25) is 5.95 Å². The van der Waals surface area contributed by atoms with Gasteiger partial charge in [-0.15, -0.1) is 0 Å². The first-order valence-electron chi connectivity index (χ1n) is 3.88. The summed E-state index contributed by atoms with van der Waals surface area (Å²) in [4.78, 5) is 4.21. The maximum absolute atomic E-state index is 4.21. The van der Waals surface area contributed by atoms with Gasteiger partial charge < -0.3 is 9.88 Å². The van der Waals surface area contributed by atoms with Crippen LogP contribution in [0.2, 0.25) is 0 Å². The van der Waals surface area contributed by atoms with Crippen LogP contribution >= 0.6 is 0 Å². The van der Waals surface area contributed by atoms with E-state index in [2.05, 4.69) is 35.6 Å². The summed E-state index contributed by atoms with van der Waals surface area (Å²) in [6, 6.07) is 0.472. The van der Waals surface area contributed by atoms with Crippen molar-refractivity contribution in [2.75, 3.05) is 12.4 Å². The van der Waals surface area contributed by atoms with Crippen LogP contribution in [0.4, 0.5) is 5.95 Å². The maximum atomic E-state index is 4.21. The van der Waals surface area contributed by atoms with E-state index in [4.69, 9.17) is 0 Å². The molecule has 1 rings (SSSR count). The summed E-state index contributed by atoms with van der Waals surface area (Å²) in [5.74, 6) is 0.942. The smallest absolute Gasteiger partial charge is 0.202 e. The molecule has 0 radical (unpaired) electrons. The zero-order chi connectivity index (χ0) is 8.43. The molecule has 0 spiro atoms. The zero-order valence-corrected chi connectivity index (χ0v) is 7.55. The van der Waals surface area contributed by atoms with Crippen molar-refractivity contribution in [2.24, 2.45) is 0 Å². The zero-order valence-electron chi connectivity index (χ0n) is 7.55. The Bertz CT molecular complexity index is 237.